The van der Waals surface area contributed by atoms with E-state index >= 15 is 0 Å². The molecule has 2 atom stereocenters. The second kappa shape index (κ2) is 3.59. The Kier molecular flexibility index (Phi) is 2.32. The summed E-state index contributed by atoms with van der Waals surface area (Å²) in [4.78, 5) is 0. The predicted octanol–water partition coefficient (Wildman–Crippen LogP) is 1.76. The lowest BCUT2D eigenvalue weighted by molar-refractivity contribution is 0.108. The Labute approximate surface area is 96.5 Å². The molecular weight excluding hydrogens is 200 g/mol. The zero-order valence-electron chi connectivity index (χ0n) is 9.89. The molecule has 3 rings (SSSR count). The normalized spacial score (nSPS) is 36.4. The van der Waals surface area contributed by atoms with Crippen molar-refractivity contribution >= 4 is 0 Å². The van der Waals surface area contributed by atoms with E-state index in [4.69, 9.17) is 0 Å². The molecule has 0 saturated heterocycles. The van der Waals surface area contributed by atoms with Gasteiger partial charge in [-0.2, -0.15) is 5.10 Å². The summed E-state index contributed by atoms with van der Waals surface area (Å²) in [7, 11) is 1.95. The van der Waals surface area contributed by atoms with Crippen LogP contribution in [0.5, 0.6) is 0 Å². The van der Waals surface area contributed by atoms with Crippen LogP contribution in [-0.2, 0) is 13.5 Å². The van der Waals surface area contributed by atoms with Crippen molar-refractivity contribution in [2.24, 2.45) is 24.3 Å². The Hall–Kier alpha value is -0.830. The first-order valence-electron chi connectivity index (χ1n) is 6.29. The van der Waals surface area contributed by atoms with Gasteiger partial charge in [0, 0.05) is 19.9 Å². The molecule has 0 aromatic carbocycles. The summed E-state index contributed by atoms with van der Waals surface area (Å²) in [6.45, 7) is 0.375. The van der Waals surface area contributed by atoms with Crippen molar-refractivity contribution < 1.29 is 5.11 Å². The monoisotopic (exact) mass is 220 g/mol. The molecule has 0 amide bonds. The highest BCUT2D eigenvalue weighted by Gasteiger charge is 2.52. The van der Waals surface area contributed by atoms with Crippen LogP contribution in [-0.4, -0.2) is 21.5 Å². The number of rotatable bonds is 4. The molecule has 3 heteroatoms. The molecule has 16 heavy (non-hydrogen) atoms. The summed E-state index contributed by atoms with van der Waals surface area (Å²) in [6, 6.07) is 0. The maximum Gasteiger partial charge on any atom is 0.0521 e. The maximum absolute atomic E-state index is 9.62. The zero-order chi connectivity index (χ0) is 11.2. The topological polar surface area (TPSA) is 38.0 Å². The van der Waals surface area contributed by atoms with Crippen molar-refractivity contribution in [2.75, 3.05) is 6.61 Å². The van der Waals surface area contributed by atoms with Crippen LogP contribution in [0.3, 0.4) is 0 Å². The highest BCUT2D eigenvalue weighted by Crippen LogP contribution is 2.61. The van der Waals surface area contributed by atoms with Gasteiger partial charge in [0.15, 0.2) is 0 Å². The van der Waals surface area contributed by atoms with E-state index < -0.39 is 0 Å². The van der Waals surface area contributed by atoms with Crippen LogP contribution in [0, 0.1) is 17.3 Å². The van der Waals surface area contributed by atoms with E-state index in [0.29, 0.717) is 6.61 Å². The van der Waals surface area contributed by atoms with E-state index in [0.717, 1.165) is 24.7 Å². The standard InChI is InChI=1S/C13H20N2O/c1-15-8-10(7-14-15)2-3-13(9-16)5-11-4-12(11)6-13/h7-8,11-12,16H,2-6,9H2,1H3. The van der Waals surface area contributed by atoms with Crippen LogP contribution < -0.4 is 0 Å². The van der Waals surface area contributed by atoms with Crippen LogP contribution in [0.1, 0.15) is 31.2 Å². The van der Waals surface area contributed by atoms with Crippen LogP contribution in [0.4, 0.5) is 0 Å². The van der Waals surface area contributed by atoms with Crippen LogP contribution in [0.15, 0.2) is 12.4 Å². The molecule has 2 aliphatic carbocycles. The number of aryl methyl sites for hydroxylation is 2. The lowest BCUT2D eigenvalue weighted by atomic mass is 9.79. The third-order valence-corrected chi connectivity index (χ3v) is 4.50. The lowest BCUT2D eigenvalue weighted by Gasteiger charge is -2.28. The number of hydrogen-bond donors (Lipinski definition) is 1. The highest BCUT2D eigenvalue weighted by molar-refractivity contribution is 5.08. The minimum Gasteiger partial charge on any atom is -0.396 e. The van der Waals surface area contributed by atoms with Gasteiger partial charge < -0.3 is 5.11 Å². The molecule has 2 unspecified atom stereocenters. The van der Waals surface area contributed by atoms with E-state index in [1.54, 1.807) is 0 Å². The number of aliphatic hydroxyl groups excluding tert-OH is 1. The van der Waals surface area contributed by atoms with Gasteiger partial charge in [-0.1, -0.05) is 0 Å². The summed E-state index contributed by atoms with van der Waals surface area (Å²) in [6.07, 6.45) is 10.2. The summed E-state index contributed by atoms with van der Waals surface area (Å²) >= 11 is 0. The third-order valence-electron chi connectivity index (χ3n) is 4.50. The van der Waals surface area contributed by atoms with Crippen LogP contribution >= 0.6 is 0 Å². The highest BCUT2D eigenvalue weighted by atomic mass is 16.3. The average Bonchev–Trinajstić information content (AvgIpc) is 2.74. The smallest absolute Gasteiger partial charge is 0.0521 e. The van der Waals surface area contributed by atoms with Crippen molar-refractivity contribution in [3.8, 4) is 0 Å². The predicted molar refractivity (Wildman–Crippen MR) is 61.9 cm³/mol. The molecule has 1 N–H and O–H groups in total. The van der Waals surface area contributed by atoms with Crippen LogP contribution in [0.25, 0.3) is 0 Å². The maximum atomic E-state index is 9.62. The Morgan fingerprint density at radius 2 is 2.25 bits per heavy atom. The first kappa shape index (κ1) is 10.3. The molecular formula is C13H20N2O. The molecule has 0 bridgehead atoms. The quantitative estimate of drug-likeness (QED) is 0.839. The van der Waals surface area contributed by atoms with Crippen molar-refractivity contribution in [2.45, 2.75) is 32.1 Å². The Morgan fingerprint density at radius 1 is 1.50 bits per heavy atom. The molecule has 0 spiro atoms. The van der Waals surface area contributed by atoms with Crippen molar-refractivity contribution in [1.82, 2.24) is 9.78 Å². The number of nitrogens with zero attached hydrogens (tertiary/aromatic N) is 2. The molecule has 1 heterocycles. The van der Waals surface area contributed by atoms with Gasteiger partial charge in [-0.15, -0.1) is 0 Å². The number of aliphatic hydroxyl groups is 1. The van der Waals surface area contributed by atoms with E-state index in [1.165, 1.54) is 24.8 Å². The minimum atomic E-state index is 0.240. The lowest BCUT2D eigenvalue weighted by Crippen LogP contribution is -2.24. The molecule has 2 fully saturated rings. The summed E-state index contributed by atoms with van der Waals surface area (Å²) in [5.74, 6) is 1.89. The first-order valence-corrected chi connectivity index (χ1v) is 6.29. The second-order valence-corrected chi connectivity index (χ2v) is 5.84. The van der Waals surface area contributed by atoms with E-state index in [9.17, 15) is 5.11 Å². The fraction of sp³-hybridized carbons (Fsp3) is 0.769. The van der Waals surface area contributed by atoms with Crippen molar-refractivity contribution in [3.05, 3.63) is 18.0 Å². The molecule has 0 aliphatic heterocycles. The van der Waals surface area contributed by atoms with E-state index in [2.05, 4.69) is 11.3 Å². The molecule has 1 aromatic heterocycles. The molecule has 88 valence electrons. The van der Waals surface area contributed by atoms with Crippen molar-refractivity contribution in [3.63, 3.8) is 0 Å². The van der Waals surface area contributed by atoms with Gasteiger partial charge >= 0.3 is 0 Å². The second-order valence-electron chi connectivity index (χ2n) is 5.84. The number of aromatic nitrogens is 2. The largest absolute Gasteiger partial charge is 0.396 e. The van der Waals surface area contributed by atoms with E-state index in [1.807, 2.05) is 17.9 Å². The average molecular weight is 220 g/mol. The fourth-order valence-electron chi connectivity index (χ4n) is 3.43. The number of fused-ring (bicyclic) bond motifs is 1. The Balaban J connectivity index is 1.61. The molecule has 2 saturated carbocycles. The van der Waals surface area contributed by atoms with Gasteiger partial charge in [-0.05, 0) is 54.9 Å². The molecule has 0 radical (unpaired) electrons. The summed E-state index contributed by atoms with van der Waals surface area (Å²) in [5.41, 5.74) is 1.54. The van der Waals surface area contributed by atoms with Gasteiger partial charge in [0.1, 0.15) is 0 Å². The number of hydrogen-bond acceptors (Lipinski definition) is 2. The van der Waals surface area contributed by atoms with Gasteiger partial charge in [0.25, 0.3) is 0 Å². The molecule has 3 nitrogen and oxygen atoms in total. The van der Waals surface area contributed by atoms with Gasteiger partial charge in [-0.25, -0.2) is 0 Å². The Bertz CT molecular complexity index is 375. The zero-order valence-corrected chi connectivity index (χ0v) is 9.89. The van der Waals surface area contributed by atoms with Gasteiger partial charge in [-0.3, -0.25) is 4.68 Å². The minimum absolute atomic E-state index is 0.240. The summed E-state index contributed by atoms with van der Waals surface area (Å²) < 4.78 is 1.85. The summed E-state index contributed by atoms with van der Waals surface area (Å²) in [5, 5.41) is 13.8. The van der Waals surface area contributed by atoms with E-state index in [-0.39, 0.29) is 5.41 Å². The third kappa shape index (κ3) is 1.77. The van der Waals surface area contributed by atoms with Crippen LogP contribution in [0.2, 0.25) is 0 Å². The Morgan fingerprint density at radius 3 is 2.81 bits per heavy atom. The van der Waals surface area contributed by atoms with Crippen molar-refractivity contribution in [1.29, 1.82) is 0 Å². The van der Waals surface area contributed by atoms with Gasteiger partial charge in [0.2, 0.25) is 0 Å². The fourth-order valence-corrected chi connectivity index (χ4v) is 3.43. The SMILES string of the molecule is Cn1cc(CCC2(CO)CC3CC3C2)cn1. The molecule has 2 aliphatic rings. The van der Waals surface area contributed by atoms with Gasteiger partial charge in [0.05, 0.1) is 6.20 Å². The first-order chi connectivity index (χ1) is 7.71. The molecule has 1 aromatic rings.